The second kappa shape index (κ2) is 6.86. The minimum absolute atomic E-state index is 0.135. The van der Waals surface area contributed by atoms with Crippen LogP contribution in [-0.2, 0) is 4.79 Å². The lowest BCUT2D eigenvalue weighted by Gasteiger charge is -2.02. The molecule has 1 heterocycles. The number of benzene rings is 1. The van der Waals surface area contributed by atoms with E-state index in [-0.39, 0.29) is 5.78 Å². The molecule has 18 heavy (non-hydrogen) atoms. The van der Waals surface area contributed by atoms with Crippen molar-refractivity contribution in [2.45, 2.75) is 13.3 Å². The second-order valence-corrected chi connectivity index (χ2v) is 6.57. The van der Waals surface area contributed by atoms with Crippen molar-refractivity contribution in [3.05, 3.63) is 51.8 Å². The Morgan fingerprint density at radius 1 is 1.11 bits per heavy atom. The van der Waals surface area contributed by atoms with Gasteiger partial charge in [-0.05, 0) is 47.5 Å². The van der Waals surface area contributed by atoms with Crippen molar-refractivity contribution in [1.29, 1.82) is 0 Å². The van der Waals surface area contributed by atoms with E-state index < -0.39 is 0 Å². The van der Waals surface area contributed by atoms with Gasteiger partial charge in [-0.3, -0.25) is 4.79 Å². The molecule has 0 saturated carbocycles. The fourth-order valence-electron chi connectivity index (χ4n) is 1.66. The molecular weight excluding hydrogens is 260 g/mol. The zero-order valence-corrected chi connectivity index (χ0v) is 12.0. The Balaban J connectivity index is 2.25. The van der Waals surface area contributed by atoms with E-state index in [2.05, 4.69) is 0 Å². The van der Waals surface area contributed by atoms with Gasteiger partial charge in [-0.2, -0.15) is 0 Å². The average Bonchev–Trinajstić information content (AvgIpc) is 2.44. The van der Waals surface area contributed by atoms with Gasteiger partial charge in [0.1, 0.15) is 0 Å². The first-order valence-electron chi connectivity index (χ1n) is 6.01. The molecule has 94 valence electrons. The molecule has 1 aromatic rings. The van der Waals surface area contributed by atoms with Gasteiger partial charge in [-0.1, -0.05) is 30.3 Å². The van der Waals surface area contributed by atoms with Crippen molar-refractivity contribution in [3.8, 4) is 0 Å². The number of hydrogen-bond acceptors (Lipinski definition) is 3. The number of rotatable bonds is 1. The molecule has 0 fully saturated rings. The maximum atomic E-state index is 12.2. The van der Waals surface area contributed by atoms with Gasteiger partial charge in [-0.15, -0.1) is 23.5 Å². The van der Waals surface area contributed by atoms with E-state index in [0.29, 0.717) is 0 Å². The first-order chi connectivity index (χ1) is 8.75. The average molecular weight is 276 g/mol. The molecule has 0 saturated heterocycles. The summed E-state index contributed by atoms with van der Waals surface area (Å²) in [7, 11) is 0. The Hall–Kier alpha value is -0.930. The van der Waals surface area contributed by atoms with Crippen LogP contribution in [0.5, 0.6) is 0 Å². The molecule has 0 amide bonds. The molecular formula is C15H16OS2. The Bertz CT molecular complexity index is 475. The maximum Gasteiger partial charge on any atom is 0.192 e. The summed E-state index contributed by atoms with van der Waals surface area (Å²) in [6.45, 7) is 2.01. The summed E-state index contributed by atoms with van der Waals surface area (Å²) in [5.41, 5.74) is 1.09. The van der Waals surface area contributed by atoms with Crippen LogP contribution < -0.4 is 0 Å². The third-order valence-electron chi connectivity index (χ3n) is 2.55. The summed E-state index contributed by atoms with van der Waals surface area (Å²) < 4.78 is 0. The lowest BCUT2D eigenvalue weighted by Crippen LogP contribution is -1.96. The van der Waals surface area contributed by atoms with E-state index in [1.807, 2.05) is 43.3 Å². The van der Waals surface area contributed by atoms with Crippen LogP contribution in [0, 0.1) is 0 Å². The lowest BCUT2D eigenvalue weighted by molar-refractivity contribution is -0.110. The zero-order valence-electron chi connectivity index (χ0n) is 10.4. The SMILES string of the molecule is C/C1=C/C(=O)/C(=C/c2ccccc2)SCCCS1. The van der Waals surface area contributed by atoms with E-state index in [9.17, 15) is 4.79 Å². The number of carbonyl (C=O) groups excluding carboxylic acids is 1. The Kier molecular flexibility index (Phi) is 5.14. The molecule has 0 spiro atoms. The Morgan fingerprint density at radius 3 is 2.61 bits per heavy atom. The number of allylic oxidation sites excluding steroid dienone is 3. The topological polar surface area (TPSA) is 17.1 Å². The monoisotopic (exact) mass is 276 g/mol. The van der Waals surface area contributed by atoms with Crippen LogP contribution in [0.15, 0.2) is 46.2 Å². The first kappa shape index (κ1) is 13.5. The summed E-state index contributed by atoms with van der Waals surface area (Å²) in [5.74, 6) is 2.25. The molecule has 0 radical (unpaired) electrons. The summed E-state index contributed by atoms with van der Waals surface area (Å²) in [6.07, 6.45) is 4.89. The van der Waals surface area contributed by atoms with Gasteiger partial charge in [-0.25, -0.2) is 0 Å². The zero-order chi connectivity index (χ0) is 12.8. The minimum atomic E-state index is 0.135. The number of thioether (sulfide) groups is 2. The van der Waals surface area contributed by atoms with Crippen molar-refractivity contribution in [3.63, 3.8) is 0 Å². The molecule has 1 aliphatic rings. The first-order valence-corrected chi connectivity index (χ1v) is 7.98. The highest BCUT2D eigenvalue weighted by atomic mass is 32.2. The van der Waals surface area contributed by atoms with E-state index in [1.54, 1.807) is 29.6 Å². The van der Waals surface area contributed by atoms with Crippen molar-refractivity contribution in [2.24, 2.45) is 0 Å². The Labute approximate surface area is 117 Å². The summed E-state index contributed by atoms with van der Waals surface area (Å²) in [5, 5.41) is 0. The fourth-order valence-corrected chi connectivity index (χ4v) is 3.57. The highest BCUT2D eigenvalue weighted by Crippen LogP contribution is 2.27. The Morgan fingerprint density at radius 2 is 1.83 bits per heavy atom. The van der Waals surface area contributed by atoms with Crippen LogP contribution in [0.1, 0.15) is 18.9 Å². The van der Waals surface area contributed by atoms with Gasteiger partial charge in [0.2, 0.25) is 0 Å². The van der Waals surface area contributed by atoms with Gasteiger partial charge in [0, 0.05) is 0 Å². The van der Waals surface area contributed by atoms with E-state index >= 15 is 0 Å². The predicted molar refractivity (Wildman–Crippen MR) is 82.7 cm³/mol. The van der Waals surface area contributed by atoms with Crippen molar-refractivity contribution in [2.75, 3.05) is 11.5 Å². The van der Waals surface area contributed by atoms with Crippen LogP contribution in [0.25, 0.3) is 6.08 Å². The molecule has 0 bridgehead atoms. The molecule has 1 aromatic carbocycles. The van der Waals surface area contributed by atoms with Crippen LogP contribution in [0.3, 0.4) is 0 Å². The third-order valence-corrected chi connectivity index (χ3v) is 4.74. The van der Waals surface area contributed by atoms with Gasteiger partial charge in [0.05, 0.1) is 4.91 Å². The van der Waals surface area contributed by atoms with Crippen LogP contribution in [-0.4, -0.2) is 17.3 Å². The predicted octanol–water partition coefficient (Wildman–Crippen LogP) is 4.37. The summed E-state index contributed by atoms with van der Waals surface area (Å²) in [4.78, 5) is 14.1. The molecule has 0 N–H and O–H groups in total. The summed E-state index contributed by atoms with van der Waals surface area (Å²) >= 11 is 3.45. The number of ketones is 1. The maximum absolute atomic E-state index is 12.2. The molecule has 1 nitrogen and oxygen atoms in total. The van der Waals surface area contributed by atoms with Gasteiger partial charge in [0.15, 0.2) is 5.78 Å². The highest BCUT2D eigenvalue weighted by molar-refractivity contribution is 8.04. The largest absolute Gasteiger partial charge is 0.289 e. The molecule has 0 aliphatic carbocycles. The van der Waals surface area contributed by atoms with Crippen LogP contribution in [0.2, 0.25) is 0 Å². The van der Waals surface area contributed by atoms with E-state index in [4.69, 9.17) is 0 Å². The molecule has 1 aliphatic heterocycles. The normalized spacial score (nSPS) is 22.8. The summed E-state index contributed by atoms with van der Waals surface area (Å²) in [6, 6.07) is 10.0. The lowest BCUT2D eigenvalue weighted by atomic mass is 10.2. The number of hydrogen-bond donors (Lipinski definition) is 0. The van der Waals surface area contributed by atoms with Crippen molar-refractivity contribution < 1.29 is 4.79 Å². The van der Waals surface area contributed by atoms with Gasteiger partial charge >= 0.3 is 0 Å². The van der Waals surface area contributed by atoms with E-state index in [1.165, 1.54) is 0 Å². The van der Waals surface area contributed by atoms with Crippen molar-refractivity contribution in [1.82, 2.24) is 0 Å². The van der Waals surface area contributed by atoms with Gasteiger partial charge < -0.3 is 0 Å². The smallest absolute Gasteiger partial charge is 0.192 e. The molecule has 3 heteroatoms. The molecule has 0 unspecified atom stereocenters. The standard InChI is InChI=1S/C15H16OS2/c1-12-10-14(16)15(18-9-5-8-17-12)11-13-6-3-2-4-7-13/h2-4,6-7,10-11H,5,8-9H2,1H3/b12-10-,15-11-. The molecule has 2 rings (SSSR count). The highest BCUT2D eigenvalue weighted by Gasteiger charge is 2.10. The van der Waals surface area contributed by atoms with Gasteiger partial charge in [0.25, 0.3) is 0 Å². The molecule has 0 aromatic heterocycles. The van der Waals surface area contributed by atoms with Crippen molar-refractivity contribution >= 4 is 35.4 Å². The van der Waals surface area contributed by atoms with E-state index in [0.717, 1.165) is 33.3 Å². The number of carbonyl (C=O) groups is 1. The van der Waals surface area contributed by atoms with Crippen LogP contribution in [0.4, 0.5) is 0 Å². The van der Waals surface area contributed by atoms with Crippen LogP contribution >= 0.6 is 23.5 Å². The molecule has 0 atom stereocenters. The fraction of sp³-hybridized carbons (Fsp3) is 0.267. The third kappa shape index (κ3) is 4.07. The minimum Gasteiger partial charge on any atom is -0.289 e. The second-order valence-electron chi connectivity index (χ2n) is 4.09. The quantitative estimate of drug-likeness (QED) is 0.709.